The molecule has 1 aromatic carbocycles. The van der Waals surface area contributed by atoms with Crippen LogP contribution in [0.4, 0.5) is 5.69 Å². The van der Waals surface area contributed by atoms with Crippen LogP contribution >= 0.6 is 11.6 Å². The van der Waals surface area contributed by atoms with Crippen LogP contribution in [0.5, 0.6) is 5.75 Å². The number of halogens is 1. The first kappa shape index (κ1) is 16.9. The highest BCUT2D eigenvalue weighted by atomic mass is 35.5. The number of benzene rings is 1. The second-order valence-corrected chi connectivity index (χ2v) is 5.81. The van der Waals surface area contributed by atoms with Crippen LogP contribution in [0, 0.1) is 6.92 Å². The first-order valence-electron chi connectivity index (χ1n) is 7.58. The number of carbonyl (C=O) groups is 1. The lowest BCUT2D eigenvalue weighted by Gasteiger charge is -2.17. The summed E-state index contributed by atoms with van der Waals surface area (Å²) in [6, 6.07) is 8.71. The van der Waals surface area contributed by atoms with Gasteiger partial charge >= 0.3 is 0 Å². The molecule has 0 saturated heterocycles. The zero-order valence-corrected chi connectivity index (χ0v) is 14.4. The van der Waals surface area contributed by atoms with Gasteiger partial charge in [-0.2, -0.15) is 5.10 Å². The number of rotatable bonds is 5. The fourth-order valence-electron chi connectivity index (χ4n) is 2.22. The van der Waals surface area contributed by atoms with Gasteiger partial charge in [0.05, 0.1) is 5.69 Å². The minimum atomic E-state index is -0.705. The van der Waals surface area contributed by atoms with Crippen molar-refractivity contribution in [1.29, 1.82) is 0 Å². The zero-order chi connectivity index (χ0) is 17.8. The first-order chi connectivity index (χ1) is 12.0. The predicted octanol–water partition coefficient (Wildman–Crippen LogP) is 3.03. The van der Waals surface area contributed by atoms with E-state index < -0.39 is 6.10 Å². The van der Waals surface area contributed by atoms with Crippen molar-refractivity contribution in [1.82, 2.24) is 19.7 Å². The Morgan fingerprint density at radius 1 is 1.36 bits per heavy atom. The topological polar surface area (TPSA) is 81.9 Å². The Labute approximate surface area is 149 Å². The Bertz CT molecular complexity index is 883. The fourth-order valence-corrected chi connectivity index (χ4v) is 2.44. The summed E-state index contributed by atoms with van der Waals surface area (Å²) >= 11 is 5.93. The van der Waals surface area contributed by atoms with E-state index in [1.165, 1.54) is 17.3 Å². The highest BCUT2D eigenvalue weighted by Gasteiger charge is 2.18. The molecule has 3 aromatic rings. The van der Waals surface area contributed by atoms with Crippen LogP contribution < -0.4 is 10.1 Å². The van der Waals surface area contributed by atoms with Gasteiger partial charge in [0.1, 0.15) is 18.4 Å². The van der Waals surface area contributed by atoms with Crippen molar-refractivity contribution in [3.8, 4) is 11.6 Å². The summed E-state index contributed by atoms with van der Waals surface area (Å²) in [4.78, 5) is 20.6. The van der Waals surface area contributed by atoms with Gasteiger partial charge in [-0.05, 0) is 49.7 Å². The summed E-state index contributed by atoms with van der Waals surface area (Å²) in [5.41, 5.74) is 1.37. The molecule has 2 heterocycles. The second kappa shape index (κ2) is 7.31. The first-order valence-corrected chi connectivity index (χ1v) is 7.96. The summed E-state index contributed by atoms with van der Waals surface area (Å²) in [7, 11) is 0. The van der Waals surface area contributed by atoms with E-state index >= 15 is 0 Å². The van der Waals surface area contributed by atoms with Crippen LogP contribution in [-0.4, -0.2) is 31.8 Å². The number of nitrogens with zero attached hydrogens (tertiary/aromatic N) is 4. The number of anilines is 1. The standard InChI is InChI=1S/C17H16ClN5O2/c1-11-8-13(18)5-6-15(11)25-12(2)17(24)22-14-4-3-7-20-16(14)23-10-19-9-21-23/h3-10,12H,1-2H3,(H,22,24)/t12-/m0/s1. The summed E-state index contributed by atoms with van der Waals surface area (Å²) in [6.07, 6.45) is 3.82. The van der Waals surface area contributed by atoms with Crippen LogP contribution in [0.3, 0.4) is 0 Å². The molecule has 0 aliphatic carbocycles. The maximum Gasteiger partial charge on any atom is 0.265 e. The molecule has 128 valence electrons. The van der Waals surface area contributed by atoms with Gasteiger partial charge in [0.25, 0.3) is 5.91 Å². The number of aryl methyl sites for hydroxylation is 1. The molecule has 0 bridgehead atoms. The van der Waals surface area contributed by atoms with Gasteiger partial charge in [0.15, 0.2) is 11.9 Å². The average molecular weight is 358 g/mol. The second-order valence-electron chi connectivity index (χ2n) is 5.37. The average Bonchev–Trinajstić information content (AvgIpc) is 3.12. The smallest absolute Gasteiger partial charge is 0.265 e. The fraction of sp³-hybridized carbons (Fsp3) is 0.176. The number of amides is 1. The molecule has 0 saturated carbocycles. The number of aromatic nitrogens is 4. The third kappa shape index (κ3) is 3.95. The third-order valence-electron chi connectivity index (χ3n) is 3.49. The molecule has 1 amide bonds. The Balaban J connectivity index is 1.74. The Hall–Kier alpha value is -2.93. The lowest BCUT2D eigenvalue weighted by atomic mass is 10.2. The lowest BCUT2D eigenvalue weighted by molar-refractivity contribution is -0.122. The SMILES string of the molecule is Cc1cc(Cl)ccc1O[C@@H](C)C(=O)Nc1cccnc1-n1cncn1. The number of pyridine rings is 1. The van der Waals surface area contributed by atoms with Crippen molar-refractivity contribution in [3.63, 3.8) is 0 Å². The van der Waals surface area contributed by atoms with Crippen molar-refractivity contribution in [3.05, 3.63) is 59.8 Å². The molecule has 0 fully saturated rings. The van der Waals surface area contributed by atoms with Crippen LogP contribution in [0.15, 0.2) is 49.2 Å². The molecule has 2 aromatic heterocycles. The quantitative estimate of drug-likeness (QED) is 0.759. The van der Waals surface area contributed by atoms with E-state index in [4.69, 9.17) is 16.3 Å². The van der Waals surface area contributed by atoms with Crippen molar-refractivity contribution < 1.29 is 9.53 Å². The summed E-state index contributed by atoms with van der Waals surface area (Å²) in [6.45, 7) is 3.55. The van der Waals surface area contributed by atoms with E-state index in [1.54, 1.807) is 43.5 Å². The van der Waals surface area contributed by atoms with E-state index in [2.05, 4.69) is 20.4 Å². The molecule has 3 rings (SSSR count). The van der Waals surface area contributed by atoms with Crippen molar-refractivity contribution in [2.45, 2.75) is 20.0 Å². The Morgan fingerprint density at radius 3 is 2.92 bits per heavy atom. The van der Waals surface area contributed by atoms with E-state index in [0.717, 1.165) is 5.56 Å². The van der Waals surface area contributed by atoms with Crippen molar-refractivity contribution in [2.75, 3.05) is 5.32 Å². The van der Waals surface area contributed by atoms with E-state index in [-0.39, 0.29) is 5.91 Å². The molecule has 7 nitrogen and oxygen atoms in total. The minimum absolute atomic E-state index is 0.302. The summed E-state index contributed by atoms with van der Waals surface area (Å²) < 4.78 is 7.22. The molecule has 1 atom stereocenters. The predicted molar refractivity (Wildman–Crippen MR) is 94.1 cm³/mol. The highest BCUT2D eigenvalue weighted by Crippen LogP contribution is 2.23. The highest BCUT2D eigenvalue weighted by molar-refractivity contribution is 6.30. The maximum atomic E-state index is 12.5. The third-order valence-corrected chi connectivity index (χ3v) is 3.73. The Kier molecular flexibility index (Phi) is 4.95. The number of carbonyl (C=O) groups excluding carboxylic acids is 1. The normalized spacial score (nSPS) is 11.8. The molecule has 0 aliphatic heterocycles. The molecule has 8 heteroatoms. The number of ether oxygens (including phenoxy) is 1. The summed E-state index contributed by atoms with van der Waals surface area (Å²) in [5.74, 6) is 0.779. The monoisotopic (exact) mass is 357 g/mol. The number of nitrogens with one attached hydrogen (secondary N) is 1. The van der Waals surface area contributed by atoms with E-state index in [1.807, 2.05) is 6.92 Å². The molecule has 0 radical (unpaired) electrons. The molecular formula is C17H16ClN5O2. The van der Waals surface area contributed by atoms with Gasteiger partial charge < -0.3 is 10.1 Å². The van der Waals surface area contributed by atoms with Gasteiger partial charge in [-0.1, -0.05) is 11.6 Å². The molecular weight excluding hydrogens is 342 g/mol. The summed E-state index contributed by atoms with van der Waals surface area (Å²) in [5, 5.41) is 7.46. The molecule has 0 spiro atoms. The molecule has 0 unspecified atom stereocenters. The zero-order valence-electron chi connectivity index (χ0n) is 13.7. The van der Waals surface area contributed by atoms with Gasteiger partial charge in [0, 0.05) is 11.2 Å². The maximum absolute atomic E-state index is 12.5. The van der Waals surface area contributed by atoms with Crippen LogP contribution in [0.25, 0.3) is 5.82 Å². The molecule has 1 N–H and O–H groups in total. The number of hydrogen-bond donors (Lipinski definition) is 1. The Morgan fingerprint density at radius 2 is 2.20 bits per heavy atom. The van der Waals surface area contributed by atoms with Crippen LogP contribution in [0.2, 0.25) is 5.02 Å². The van der Waals surface area contributed by atoms with E-state index in [0.29, 0.717) is 22.3 Å². The van der Waals surface area contributed by atoms with E-state index in [9.17, 15) is 4.79 Å². The van der Waals surface area contributed by atoms with Gasteiger partial charge in [-0.3, -0.25) is 4.79 Å². The van der Waals surface area contributed by atoms with Gasteiger partial charge in [-0.25, -0.2) is 14.6 Å². The van der Waals surface area contributed by atoms with Crippen molar-refractivity contribution in [2.24, 2.45) is 0 Å². The van der Waals surface area contributed by atoms with Crippen LogP contribution in [-0.2, 0) is 4.79 Å². The van der Waals surface area contributed by atoms with Crippen LogP contribution in [0.1, 0.15) is 12.5 Å². The molecule has 25 heavy (non-hydrogen) atoms. The molecule has 0 aliphatic rings. The minimum Gasteiger partial charge on any atom is -0.481 e. The lowest BCUT2D eigenvalue weighted by Crippen LogP contribution is -2.30. The van der Waals surface area contributed by atoms with Gasteiger partial charge in [-0.15, -0.1) is 0 Å². The van der Waals surface area contributed by atoms with Crippen molar-refractivity contribution >= 4 is 23.2 Å². The number of hydrogen-bond acceptors (Lipinski definition) is 5. The largest absolute Gasteiger partial charge is 0.481 e. The van der Waals surface area contributed by atoms with Gasteiger partial charge in [0.2, 0.25) is 0 Å².